The maximum Gasteiger partial charge on any atom is 0.574 e. The molecule has 7 heteroatoms. The summed E-state index contributed by atoms with van der Waals surface area (Å²) in [7, 11) is 0. The Labute approximate surface area is 130 Å². The average molecular weight is 322 g/mol. The number of nitrogens with zero attached hydrogens (tertiary/aromatic N) is 2. The SMILES string of the molecule is O=C1CCc2ccccc2N1Cc1cccc(OC(F)(F)F)n1. The molecule has 1 aliphatic heterocycles. The topological polar surface area (TPSA) is 42.4 Å². The van der Waals surface area contributed by atoms with E-state index in [9.17, 15) is 18.0 Å². The molecule has 0 atom stereocenters. The van der Waals surface area contributed by atoms with Crippen LogP contribution in [0.2, 0.25) is 0 Å². The van der Waals surface area contributed by atoms with Crippen molar-refractivity contribution < 1.29 is 22.7 Å². The van der Waals surface area contributed by atoms with Crippen molar-refractivity contribution in [2.75, 3.05) is 4.90 Å². The summed E-state index contributed by atoms with van der Waals surface area (Å²) in [4.78, 5) is 17.5. The highest BCUT2D eigenvalue weighted by atomic mass is 19.4. The minimum Gasteiger partial charge on any atom is -0.388 e. The van der Waals surface area contributed by atoms with Gasteiger partial charge in [-0.3, -0.25) is 4.79 Å². The number of anilines is 1. The molecule has 0 fully saturated rings. The van der Waals surface area contributed by atoms with Crippen molar-refractivity contribution >= 4 is 11.6 Å². The van der Waals surface area contributed by atoms with Gasteiger partial charge in [-0.25, -0.2) is 4.98 Å². The fourth-order valence-electron chi connectivity index (χ4n) is 2.55. The molecule has 1 amide bonds. The maximum absolute atomic E-state index is 12.3. The van der Waals surface area contributed by atoms with E-state index in [1.165, 1.54) is 6.07 Å². The van der Waals surface area contributed by atoms with E-state index in [1.54, 1.807) is 11.0 Å². The number of fused-ring (bicyclic) bond motifs is 1. The number of hydrogen-bond donors (Lipinski definition) is 0. The Bertz CT molecular complexity index is 731. The molecule has 1 aromatic heterocycles. The smallest absolute Gasteiger partial charge is 0.388 e. The summed E-state index contributed by atoms with van der Waals surface area (Å²) in [5.74, 6) is -0.611. The number of aromatic nitrogens is 1. The highest BCUT2D eigenvalue weighted by Gasteiger charge is 2.32. The number of aryl methyl sites for hydroxylation is 1. The second-order valence-corrected chi connectivity index (χ2v) is 5.12. The van der Waals surface area contributed by atoms with Gasteiger partial charge in [0.25, 0.3) is 0 Å². The third-order valence-electron chi connectivity index (χ3n) is 3.51. The minimum atomic E-state index is -4.79. The number of carbonyl (C=O) groups is 1. The summed E-state index contributed by atoms with van der Waals surface area (Å²) in [6.45, 7) is 0.102. The van der Waals surface area contributed by atoms with Crippen LogP contribution in [0.5, 0.6) is 5.88 Å². The highest BCUT2D eigenvalue weighted by molar-refractivity contribution is 5.96. The first-order valence-corrected chi connectivity index (χ1v) is 7.02. The number of benzene rings is 1. The van der Waals surface area contributed by atoms with Crippen molar-refractivity contribution in [2.24, 2.45) is 0 Å². The first kappa shape index (κ1) is 15.3. The Kier molecular flexibility index (Phi) is 3.94. The van der Waals surface area contributed by atoms with Crippen LogP contribution in [-0.4, -0.2) is 17.3 Å². The molecule has 2 aromatic rings. The lowest BCUT2D eigenvalue weighted by molar-refractivity contribution is -0.276. The van der Waals surface area contributed by atoms with Gasteiger partial charge in [-0.2, -0.15) is 0 Å². The van der Waals surface area contributed by atoms with Crippen LogP contribution >= 0.6 is 0 Å². The molecule has 0 radical (unpaired) electrons. The lowest BCUT2D eigenvalue weighted by Crippen LogP contribution is -2.34. The van der Waals surface area contributed by atoms with Crippen LogP contribution in [0, 0.1) is 0 Å². The molecular weight excluding hydrogens is 309 g/mol. The van der Waals surface area contributed by atoms with E-state index >= 15 is 0 Å². The van der Waals surface area contributed by atoms with E-state index in [1.807, 2.05) is 24.3 Å². The van der Waals surface area contributed by atoms with Crippen LogP contribution < -0.4 is 9.64 Å². The summed E-state index contributed by atoms with van der Waals surface area (Å²) < 4.78 is 40.6. The normalized spacial score (nSPS) is 14.6. The maximum atomic E-state index is 12.3. The minimum absolute atomic E-state index is 0.0763. The Morgan fingerprint density at radius 2 is 1.87 bits per heavy atom. The van der Waals surface area contributed by atoms with Gasteiger partial charge in [-0.15, -0.1) is 13.2 Å². The zero-order valence-electron chi connectivity index (χ0n) is 12.0. The van der Waals surface area contributed by atoms with E-state index in [4.69, 9.17) is 0 Å². The summed E-state index contributed by atoms with van der Waals surface area (Å²) >= 11 is 0. The van der Waals surface area contributed by atoms with Crippen molar-refractivity contribution in [3.05, 3.63) is 53.7 Å². The standard InChI is InChI=1S/C16H13F3N2O2/c17-16(18,19)23-14-7-3-5-12(20-14)10-21-13-6-2-1-4-11(13)8-9-15(21)22/h1-7H,8-10H2. The molecular formula is C16H13F3N2O2. The molecule has 0 bridgehead atoms. The van der Waals surface area contributed by atoms with Gasteiger partial charge in [-0.1, -0.05) is 24.3 Å². The van der Waals surface area contributed by atoms with Gasteiger partial charge in [0, 0.05) is 18.2 Å². The second kappa shape index (κ2) is 5.91. The molecule has 0 aliphatic carbocycles. The van der Waals surface area contributed by atoms with Crippen molar-refractivity contribution in [1.82, 2.24) is 4.98 Å². The van der Waals surface area contributed by atoms with Gasteiger partial charge in [0.15, 0.2) is 0 Å². The molecule has 0 unspecified atom stereocenters. The lowest BCUT2D eigenvalue weighted by atomic mass is 10.0. The first-order chi connectivity index (χ1) is 10.9. The predicted octanol–water partition coefficient (Wildman–Crippen LogP) is 3.46. The van der Waals surface area contributed by atoms with Gasteiger partial charge in [0.1, 0.15) is 0 Å². The Morgan fingerprint density at radius 3 is 2.65 bits per heavy atom. The zero-order valence-corrected chi connectivity index (χ0v) is 12.0. The summed E-state index contributed by atoms with van der Waals surface area (Å²) in [5.41, 5.74) is 2.14. The number of pyridine rings is 1. The monoisotopic (exact) mass is 322 g/mol. The predicted molar refractivity (Wildman–Crippen MR) is 76.9 cm³/mol. The average Bonchev–Trinajstić information content (AvgIpc) is 2.49. The van der Waals surface area contributed by atoms with Gasteiger partial charge in [0.05, 0.1) is 12.2 Å². The number of hydrogen-bond acceptors (Lipinski definition) is 3. The molecule has 3 rings (SSSR count). The quantitative estimate of drug-likeness (QED) is 0.869. The Morgan fingerprint density at radius 1 is 1.09 bits per heavy atom. The number of rotatable bonds is 3. The number of carbonyl (C=O) groups excluding carboxylic acids is 1. The molecule has 2 heterocycles. The van der Waals surface area contributed by atoms with Crippen molar-refractivity contribution in [3.8, 4) is 5.88 Å². The van der Waals surface area contributed by atoms with Crippen LogP contribution in [0.4, 0.5) is 18.9 Å². The molecule has 1 aromatic carbocycles. The van der Waals surface area contributed by atoms with E-state index in [-0.39, 0.29) is 12.5 Å². The lowest BCUT2D eigenvalue weighted by Gasteiger charge is -2.29. The van der Waals surface area contributed by atoms with Crippen LogP contribution in [0.25, 0.3) is 0 Å². The summed E-state index contributed by atoms with van der Waals surface area (Å²) in [5, 5.41) is 0. The fraction of sp³-hybridized carbons (Fsp3) is 0.250. The van der Waals surface area contributed by atoms with Crippen molar-refractivity contribution in [1.29, 1.82) is 0 Å². The first-order valence-electron chi connectivity index (χ1n) is 7.02. The number of halogens is 3. The third-order valence-corrected chi connectivity index (χ3v) is 3.51. The molecule has 23 heavy (non-hydrogen) atoms. The highest BCUT2D eigenvalue weighted by Crippen LogP contribution is 2.29. The number of para-hydroxylation sites is 1. The second-order valence-electron chi connectivity index (χ2n) is 5.12. The van der Waals surface area contributed by atoms with Crippen LogP contribution in [0.3, 0.4) is 0 Å². The summed E-state index contributed by atoms with van der Waals surface area (Å²) in [6, 6.07) is 11.6. The molecule has 0 spiro atoms. The van der Waals surface area contributed by atoms with Gasteiger partial charge in [-0.05, 0) is 24.1 Å². The molecule has 4 nitrogen and oxygen atoms in total. The fourth-order valence-corrected chi connectivity index (χ4v) is 2.55. The Hall–Kier alpha value is -2.57. The van der Waals surface area contributed by atoms with Crippen molar-refractivity contribution in [2.45, 2.75) is 25.7 Å². The largest absolute Gasteiger partial charge is 0.574 e. The van der Waals surface area contributed by atoms with Crippen LogP contribution in [0.15, 0.2) is 42.5 Å². The van der Waals surface area contributed by atoms with Gasteiger partial charge < -0.3 is 9.64 Å². The van der Waals surface area contributed by atoms with Crippen LogP contribution in [-0.2, 0) is 17.8 Å². The van der Waals surface area contributed by atoms with Gasteiger partial charge >= 0.3 is 6.36 Å². The zero-order chi connectivity index (χ0) is 16.4. The molecule has 1 aliphatic rings. The summed E-state index contributed by atoms with van der Waals surface area (Å²) in [6.07, 6.45) is -3.76. The van der Waals surface area contributed by atoms with E-state index < -0.39 is 12.2 Å². The van der Waals surface area contributed by atoms with Crippen LogP contribution in [0.1, 0.15) is 17.7 Å². The number of alkyl halides is 3. The number of amides is 1. The molecule has 0 N–H and O–H groups in total. The van der Waals surface area contributed by atoms with E-state index in [0.29, 0.717) is 18.5 Å². The third kappa shape index (κ3) is 3.61. The molecule has 0 saturated heterocycles. The Balaban J connectivity index is 1.85. The van der Waals surface area contributed by atoms with E-state index in [2.05, 4.69) is 9.72 Å². The number of ether oxygens (including phenoxy) is 1. The molecule has 0 saturated carbocycles. The van der Waals surface area contributed by atoms with Gasteiger partial charge in [0.2, 0.25) is 11.8 Å². The van der Waals surface area contributed by atoms with E-state index in [0.717, 1.165) is 17.3 Å². The molecule has 120 valence electrons. The van der Waals surface area contributed by atoms with Crippen molar-refractivity contribution in [3.63, 3.8) is 0 Å².